The molecule has 0 fully saturated rings. The zero-order valence-electron chi connectivity index (χ0n) is 22.4. The molecule has 7 nitrogen and oxygen atoms in total. The van der Waals surface area contributed by atoms with E-state index in [1.165, 1.54) is 46.4 Å². The zero-order chi connectivity index (χ0) is 28.9. The van der Waals surface area contributed by atoms with E-state index in [-0.39, 0.29) is 5.75 Å². The summed E-state index contributed by atoms with van der Waals surface area (Å²) in [5.41, 5.74) is 8.44. The van der Waals surface area contributed by atoms with Gasteiger partial charge in [-0.15, -0.1) is 18.3 Å². The Kier molecular flexibility index (Phi) is 8.83. The minimum absolute atomic E-state index is 0.305. The van der Waals surface area contributed by atoms with Gasteiger partial charge >= 0.3 is 6.36 Å². The molecule has 2 N–H and O–H groups in total. The molecule has 0 saturated carbocycles. The third kappa shape index (κ3) is 7.44. The van der Waals surface area contributed by atoms with Crippen LogP contribution < -0.4 is 15.5 Å². The molecule has 11 heteroatoms. The van der Waals surface area contributed by atoms with Crippen molar-refractivity contribution >= 4 is 29.2 Å². The van der Waals surface area contributed by atoms with Crippen LogP contribution in [0.15, 0.2) is 78.2 Å². The Morgan fingerprint density at radius 1 is 0.950 bits per heavy atom. The molecule has 0 aliphatic heterocycles. The standard InChI is InChI=1S/C29H29F3N6OS/c1-18(2)24-6-5-7-25(19(3)4)26(24)35-28(40)36-34-16-20-8-10-21(11-9-20)27-33-17-38(37-27)22-12-14-23(15-13-22)39-29(30,31)32/h5-19H,1-4H3,(H2,35,36,40)/b34-16+. The average molecular weight is 567 g/mol. The Morgan fingerprint density at radius 3 is 2.15 bits per heavy atom. The molecule has 4 rings (SSSR count). The van der Waals surface area contributed by atoms with Crippen LogP contribution in [-0.2, 0) is 0 Å². The number of hydrogen-bond donors (Lipinski definition) is 2. The van der Waals surface area contributed by atoms with Crippen molar-refractivity contribution in [3.8, 4) is 22.8 Å². The SMILES string of the molecule is CC(C)c1cccc(C(C)C)c1NC(=S)N/N=C/c1ccc(-c2ncn(-c3ccc(OC(F)(F)F)cc3)n2)cc1. The van der Waals surface area contributed by atoms with Crippen LogP contribution in [0.1, 0.15) is 56.2 Å². The second-order valence-corrected chi connectivity index (χ2v) is 10.0. The molecule has 0 spiro atoms. The summed E-state index contributed by atoms with van der Waals surface area (Å²) < 4.78 is 42.5. The molecule has 0 unspecified atom stereocenters. The first kappa shape index (κ1) is 28.8. The Balaban J connectivity index is 1.37. The van der Waals surface area contributed by atoms with Gasteiger partial charge in [0, 0.05) is 11.3 Å². The quantitative estimate of drug-likeness (QED) is 0.132. The highest BCUT2D eigenvalue weighted by atomic mass is 32.1. The van der Waals surface area contributed by atoms with Gasteiger partial charge in [0.05, 0.1) is 11.9 Å². The lowest BCUT2D eigenvalue weighted by molar-refractivity contribution is -0.274. The van der Waals surface area contributed by atoms with Crippen molar-refractivity contribution in [2.24, 2.45) is 5.10 Å². The third-order valence-corrected chi connectivity index (χ3v) is 6.18. The van der Waals surface area contributed by atoms with E-state index in [4.69, 9.17) is 12.2 Å². The van der Waals surface area contributed by atoms with Crippen molar-refractivity contribution in [3.63, 3.8) is 0 Å². The number of benzene rings is 3. The number of rotatable bonds is 8. The Bertz CT molecular complexity index is 1450. The summed E-state index contributed by atoms with van der Waals surface area (Å²) in [6.07, 6.45) is -1.59. The van der Waals surface area contributed by atoms with Gasteiger partial charge < -0.3 is 10.1 Å². The molecule has 1 heterocycles. The first-order valence-electron chi connectivity index (χ1n) is 12.6. The van der Waals surface area contributed by atoms with E-state index in [2.05, 4.69) is 76.6 Å². The summed E-state index contributed by atoms with van der Waals surface area (Å²) in [5.74, 6) is 0.837. The molecular weight excluding hydrogens is 537 g/mol. The molecule has 208 valence electrons. The molecule has 40 heavy (non-hydrogen) atoms. The number of ether oxygens (including phenoxy) is 1. The van der Waals surface area contributed by atoms with Crippen LogP contribution in [0.25, 0.3) is 17.1 Å². The van der Waals surface area contributed by atoms with Crippen LogP contribution >= 0.6 is 12.2 Å². The number of nitrogens with one attached hydrogen (secondary N) is 2. The first-order valence-corrected chi connectivity index (χ1v) is 13.0. The normalized spacial score (nSPS) is 11.8. The average Bonchev–Trinajstić information content (AvgIpc) is 3.39. The van der Waals surface area contributed by atoms with E-state index in [1.807, 2.05) is 24.3 Å². The lowest BCUT2D eigenvalue weighted by Gasteiger charge is -2.20. The van der Waals surface area contributed by atoms with Crippen LogP contribution in [0.4, 0.5) is 18.9 Å². The number of aromatic nitrogens is 3. The summed E-state index contributed by atoms with van der Waals surface area (Å²) in [4.78, 5) is 4.31. The minimum Gasteiger partial charge on any atom is -0.406 e. The second-order valence-electron chi connectivity index (χ2n) is 9.62. The van der Waals surface area contributed by atoms with Crippen LogP contribution in [-0.4, -0.2) is 32.5 Å². The summed E-state index contributed by atoms with van der Waals surface area (Å²) in [7, 11) is 0. The number of thiocarbonyl (C=S) groups is 1. The number of halogens is 3. The Hall–Kier alpha value is -4.25. The van der Waals surface area contributed by atoms with Crippen LogP contribution in [0.3, 0.4) is 0 Å². The molecule has 0 saturated heterocycles. The highest BCUT2D eigenvalue weighted by Gasteiger charge is 2.31. The van der Waals surface area contributed by atoms with Gasteiger partial charge in [0.1, 0.15) is 12.1 Å². The van der Waals surface area contributed by atoms with E-state index in [0.29, 0.717) is 28.5 Å². The van der Waals surface area contributed by atoms with Gasteiger partial charge in [0.2, 0.25) is 0 Å². The minimum atomic E-state index is -4.74. The fourth-order valence-electron chi connectivity index (χ4n) is 4.04. The predicted molar refractivity (Wildman–Crippen MR) is 155 cm³/mol. The van der Waals surface area contributed by atoms with E-state index in [9.17, 15) is 13.2 Å². The summed E-state index contributed by atoms with van der Waals surface area (Å²) in [5, 5.41) is 12.4. The molecule has 0 aliphatic rings. The van der Waals surface area contributed by atoms with E-state index in [1.54, 1.807) is 6.21 Å². The van der Waals surface area contributed by atoms with Crippen LogP contribution in [0.5, 0.6) is 5.75 Å². The molecule has 0 radical (unpaired) electrons. The molecule has 0 aliphatic carbocycles. The first-order chi connectivity index (χ1) is 19.0. The second kappa shape index (κ2) is 12.3. The number of hydrazone groups is 1. The fraction of sp³-hybridized carbons (Fsp3) is 0.241. The maximum Gasteiger partial charge on any atom is 0.573 e. The van der Waals surface area contributed by atoms with Gasteiger partial charge in [-0.3, -0.25) is 5.43 Å². The van der Waals surface area contributed by atoms with Crippen LogP contribution in [0, 0.1) is 0 Å². The van der Waals surface area contributed by atoms with Gasteiger partial charge in [-0.2, -0.15) is 5.10 Å². The van der Waals surface area contributed by atoms with Gasteiger partial charge in [-0.1, -0.05) is 70.2 Å². The van der Waals surface area contributed by atoms with Crippen molar-refractivity contribution in [1.82, 2.24) is 20.2 Å². The number of hydrogen-bond acceptors (Lipinski definition) is 5. The number of nitrogens with zero attached hydrogens (tertiary/aromatic N) is 4. The van der Waals surface area contributed by atoms with Crippen LogP contribution in [0.2, 0.25) is 0 Å². The topological polar surface area (TPSA) is 76.4 Å². The molecule has 0 atom stereocenters. The highest BCUT2D eigenvalue weighted by Crippen LogP contribution is 2.32. The molecule has 0 bridgehead atoms. The fourth-order valence-corrected chi connectivity index (χ4v) is 4.20. The summed E-state index contributed by atoms with van der Waals surface area (Å²) >= 11 is 5.49. The monoisotopic (exact) mass is 566 g/mol. The van der Waals surface area contributed by atoms with Crippen molar-refractivity contribution in [2.45, 2.75) is 45.9 Å². The number of para-hydroxylation sites is 1. The van der Waals surface area contributed by atoms with Gasteiger partial charge in [0.25, 0.3) is 0 Å². The van der Waals surface area contributed by atoms with Crippen molar-refractivity contribution in [1.29, 1.82) is 0 Å². The van der Waals surface area contributed by atoms with E-state index in [0.717, 1.165) is 16.8 Å². The Labute approximate surface area is 236 Å². The van der Waals surface area contributed by atoms with Gasteiger partial charge in [-0.05, 0) is 65.0 Å². The van der Waals surface area contributed by atoms with Crippen molar-refractivity contribution < 1.29 is 17.9 Å². The molecule has 1 aromatic heterocycles. The molecule has 0 amide bonds. The lowest BCUT2D eigenvalue weighted by atomic mass is 9.93. The van der Waals surface area contributed by atoms with Gasteiger partial charge in [0.15, 0.2) is 10.9 Å². The van der Waals surface area contributed by atoms with E-state index >= 15 is 0 Å². The molecule has 3 aromatic carbocycles. The summed E-state index contributed by atoms with van der Waals surface area (Å²) in [6, 6.07) is 19.1. The maximum absolute atomic E-state index is 12.4. The molecule has 4 aromatic rings. The Morgan fingerprint density at radius 2 is 1.57 bits per heavy atom. The largest absolute Gasteiger partial charge is 0.573 e. The predicted octanol–water partition coefficient (Wildman–Crippen LogP) is 7.40. The van der Waals surface area contributed by atoms with Gasteiger partial charge in [-0.25, -0.2) is 9.67 Å². The van der Waals surface area contributed by atoms with Crippen molar-refractivity contribution in [3.05, 3.63) is 89.7 Å². The van der Waals surface area contributed by atoms with E-state index < -0.39 is 6.36 Å². The molecular formula is C29H29F3N6OS. The number of alkyl halides is 3. The zero-order valence-corrected chi connectivity index (χ0v) is 23.2. The number of anilines is 1. The highest BCUT2D eigenvalue weighted by molar-refractivity contribution is 7.80. The third-order valence-electron chi connectivity index (χ3n) is 5.99. The summed E-state index contributed by atoms with van der Waals surface area (Å²) in [6.45, 7) is 8.60. The lowest BCUT2D eigenvalue weighted by Crippen LogP contribution is -2.25. The maximum atomic E-state index is 12.4. The van der Waals surface area contributed by atoms with Crippen molar-refractivity contribution in [2.75, 3.05) is 5.32 Å². The smallest absolute Gasteiger partial charge is 0.406 e.